The number of rotatable bonds is 2. The van der Waals surface area contributed by atoms with Crippen LogP contribution >= 0.6 is 11.6 Å². The van der Waals surface area contributed by atoms with Crippen LogP contribution in [0.15, 0.2) is 30.3 Å². The Bertz CT molecular complexity index is 435. The van der Waals surface area contributed by atoms with Crippen LogP contribution in [0.4, 0.5) is 0 Å². The largest absolute Gasteiger partial charge is 0.456 e. The lowest BCUT2D eigenvalue weighted by Gasteiger charge is -1.91. The molecule has 0 N–H and O–H groups in total. The summed E-state index contributed by atoms with van der Waals surface area (Å²) >= 11 is 5.74. The van der Waals surface area contributed by atoms with Gasteiger partial charge in [-0.05, 0) is 36.8 Å². The van der Waals surface area contributed by atoms with Gasteiger partial charge in [-0.25, -0.2) is 4.79 Å². The Labute approximate surface area is 99.9 Å². The van der Waals surface area contributed by atoms with E-state index in [2.05, 4.69) is 16.6 Å². The second-order valence-corrected chi connectivity index (χ2v) is 3.31. The van der Waals surface area contributed by atoms with Crippen LogP contribution in [0.3, 0.4) is 0 Å². The Morgan fingerprint density at radius 2 is 2.12 bits per heavy atom. The SMILES string of the molecule is CCOC(=O)C#C/C=C/c1ccc(Cl)cc1. The number of halogens is 1. The molecule has 0 atom stereocenters. The maximum atomic E-state index is 10.9. The summed E-state index contributed by atoms with van der Waals surface area (Å²) in [6.45, 7) is 2.08. The maximum absolute atomic E-state index is 10.9. The van der Waals surface area contributed by atoms with Gasteiger partial charge in [-0.15, -0.1) is 0 Å². The van der Waals surface area contributed by atoms with Crippen molar-refractivity contribution in [2.45, 2.75) is 6.92 Å². The van der Waals surface area contributed by atoms with Crippen molar-refractivity contribution in [2.75, 3.05) is 6.61 Å². The van der Waals surface area contributed by atoms with Crippen molar-refractivity contribution in [1.82, 2.24) is 0 Å². The fraction of sp³-hybridized carbons (Fsp3) is 0.154. The van der Waals surface area contributed by atoms with Crippen molar-refractivity contribution in [1.29, 1.82) is 0 Å². The Morgan fingerprint density at radius 1 is 1.44 bits per heavy atom. The zero-order valence-corrected chi connectivity index (χ0v) is 9.62. The second kappa shape index (κ2) is 6.71. The quantitative estimate of drug-likeness (QED) is 0.447. The summed E-state index contributed by atoms with van der Waals surface area (Å²) in [6, 6.07) is 7.32. The number of esters is 1. The number of carbonyl (C=O) groups is 1. The minimum Gasteiger partial charge on any atom is -0.456 e. The van der Waals surface area contributed by atoms with Crippen molar-refractivity contribution in [2.24, 2.45) is 0 Å². The van der Waals surface area contributed by atoms with E-state index in [4.69, 9.17) is 11.6 Å². The summed E-state index contributed by atoms with van der Waals surface area (Å²) < 4.78 is 4.65. The summed E-state index contributed by atoms with van der Waals surface area (Å²) in [6.07, 6.45) is 3.39. The number of hydrogen-bond donors (Lipinski definition) is 0. The van der Waals surface area contributed by atoms with Crippen LogP contribution < -0.4 is 0 Å². The van der Waals surface area contributed by atoms with E-state index in [-0.39, 0.29) is 0 Å². The van der Waals surface area contributed by atoms with E-state index in [1.165, 1.54) is 0 Å². The third-order valence-electron chi connectivity index (χ3n) is 1.68. The number of benzene rings is 1. The lowest BCUT2D eigenvalue weighted by molar-refractivity contribution is -0.136. The van der Waals surface area contributed by atoms with Crippen molar-refractivity contribution >= 4 is 23.6 Å². The van der Waals surface area contributed by atoms with Crippen LogP contribution in [0.2, 0.25) is 5.02 Å². The van der Waals surface area contributed by atoms with Gasteiger partial charge in [-0.2, -0.15) is 0 Å². The van der Waals surface area contributed by atoms with Gasteiger partial charge in [0.25, 0.3) is 0 Å². The average Bonchev–Trinajstić information content (AvgIpc) is 2.27. The van der Waals surface area contributed by atoms with Gasteiger partial charge in [0.1, 0.15) is 0 Å². The topological polar surface area (TPSA) is 26.3 Å². The zero-order chi connectivity index (χ0) is 11.8. The molecule has 0 aliphatic rings. The van der Waals surface area contributed by atoms with E-state index in [9.17, 15) is 4.79 Å². The van der Waals surface area contributed by atoms with Gasteiger partial charge in [0.05, 0.1) is 6.61 Å². The molecule has 0 aliphatic heterocycles. The summed E-state index contributed by atoms with van der Waals surface area (Å²) in [7, 11) is 0. The molecule has 1 rings (SSSR count). The molecule has 0 spiro atoms. The van der Waals surface area contributed by atoms with Gasteiger partial charge in [-0.1, -0.05) is 29.7 Å². The molecule has 0 unspecified atom stereocenters. The molecule has 0 saturated carbocycles. The molecule has 16 heavy (non-hydrogen) atoms. The lowest BCUT2D eigenvalue weighted by atomic mass is 10.2. The monoisotopic (exact) mass is 234 g/mol. The van der Waals surface area contributed by atoms with E-state index < -0.39 is 5.97 Å². The van der Waals surface area contributed by atoms with E-state index in [0.717, 1.165) is 5.56 Å². The predicted octanol–water partition coefficient (Wildman–Crippen LogP) is 2.92. The Balaban J connectivity index is 2.54. The van der Waals surface area contributed by atoms with Crippen LogP contribution in [0, 0.1) is 11.8 Å². The number of hydrogen-bond acceptors (Lipinski definition) is 2. The molecular weight excluding hydrogens is 224 g/mol. The first kappa shape index (κ1) is 12.4. The second-order valence-electron chi connectivity index (χ2n) is 2.87. The van der Waals surface area contributed by atoms with Gasteiger partial charge in [-0.3, -0.25) is 0 Å². The molecule has 1 aromatic carbocycles. The molecule has 3 heteroatoms. The first-order valence-corrected chi connectivity index (χ1v) is 5.20. The molecule has 0 radical (unpaired) electrons. The first-order valence-electron chi connectivity index (χ1n) is 4.83. The zero-order valence-electron chi connectivity index (χ0n) is 8.87. The fourth-order valence-corrected chi connectivity index (χ4v) is 1.11. The van der Waals surface area contributed by atoms with Gasteiger partial charge < -0.3 is 4.74 Å². The molecule has 0 amide bonds. The molecule has 2 nitrogen and oxygen atoms in total. The fourth-order valence-electron chi connectivity index (χ4n) is 0.980. The van der Waals surface area contributed by atoms with E-state index in [1.54, 1.807) is 31.2 Å². The Hall–Kier alpha value is -1.72. The van der Waals surface area contributed by atoms with Crippen molar-refractivity contribution in [3.63, 3.8) is 0 Å². The predicted molar refractivity (Wildman–Crippen MR) is 64.9 cm³/mol. The van der Waals surface area contributed by atoms with Gasteiger partial charge in [0, 0.05) is 10.9 Å². The highest BCUT2D eigenvalue weighted by Gasteiger charge is 1.90. The van der Waals surface area contributed by atoms with Crippen LogP contribution in [0.25, 0.3) is 6.08 Å². The minimum atomic E-state index is -0.511. The number of allylic oxidation sites excluding steroid dienone is 1. The lowest BCUT2D eigenvalue weighted by Crippen LogP contribution is -1.98. The van der Waals surface area contributed by atoms with Gasteiger partial charge >= 0.3 is 5.97 Å². The summed E-state index contributed by atoms with van der Waals surface area (Å²) in [4.78, 5) is 10.9. The van der Waals surface area contributed by atoms with Gasteiger partial charge in [0.15, 0.2) is 0 Å². The molecule has 0 saturated heterocycles. The first-order chi connectivity index (χ1) is 7.72. The van der Waals surface area contributed by atoms with Gasteiger partial charge in [0.2, 0.25) is 0 Å². The van der Waals surface area contributed by atoms with Crippen molar-refractivity contribution in [3.8, 4) is 11.8 Å². The molecule has 0 aliphatic carbocycles. The summed E-state index contributed by atoms with van der Waals surface area (Å²) in [5.74, 6) is 4.43. The minimum absolute atomic E-state index is 0.342. The van der Waals surface area contributed by atoms with E-state index in [0.29, 0.717) is 11.6 Å². The van der Waals surface area contributed by atoms with Crippen LogP contribution in [-0.4, -0.2) is 12.6 Å². The molecule has 1 aromatic rings. The summed E-state index contributed by atoms with van der Waals surface area (Å²) in [5.41, 5.74) is 0.975. The van der Waals surface area contributed by atoms with Crippen LogP contribution in [0.1, 0.15) is 12.5 Å². The van der Waals surface area contributed by atoms with Crippen molar-refractivity contribution in [3.05, 3.63) is 40.9 Å². The van der Waals surface area contributed by atoms with Crippen LogP contribution in [0.5, 0.6) is 0 Å². The third kappa shape index (κ3) is 4.68. The average molecular weight is 235 g/mol. The number of carbonyl (C=O) groups excluding carboxylic acids is 1. The highest BCUT2D eigenvalue weighted by atomic mass is 35.5. The van der Waals surface area contributed by atoms with Crippen LogP contribution in [-0.2, 0) is 9.53 Å². The Morgan fingerprint density at radius 3 is 2.75 bits per heavy atom. The normalized spacial score (nSPS) is 9.62. The third-order valence-corrected chi connectivity index (χ3v) is 1.93. The summed E-state index contributed by atoms with van der Waals surface area (Å²) in [5, 5.41) is 0.690. The standard InChI is InChI=1S/C13H11ClO2/c1-2-16-13(15)6-4-3-5-11-7-9-12(14)10-8-11/h3,5,7-10H,2H2,1H3/b5-3+. The van der Waals surface area contributed by atoms with E-state index in [1.807, 2.05) is 12.1 Å². The molecule has 0 fully saturated rings. The molecule has 0 heterocycles. The maximum Gasteiger partial charge on any atom is 0.384 e. The Kier molecular flexibility index (Phi) is 5.18. The molecular formula is C13H11ClO2. The molecule has 82 valence electrons. The van der Waals surface area contributed by atoms with E-state index >= 15 is 0 Å². The molecule has 0 bridgehead atoms. The highest BCUT2D eigenvalue weighted by Crippen LogP contribution is 2.10. The van der Waals surface area contributed by atoms with Crippen molar-refractivity contribution < 1.29 is 9.53 Å². The number of ether oxygens (including phenoxy) is 1. The molecule has 0 aromatic heterocycles. The smallest absolute Gasteiger partial charge is 0.384 e. The highest BCUT2D eigenvalue weighted by molar-refractivity contribution is 6.30.